The quantitative estimate of drug-likeness (QED) is 0.437. The molecule has 0 saturated carbocycles. The Kier molecular flexibility index (Phi) is 10.0. The van der Waals surface area contributed by atoms with Gasteiger partial charge < -0.3 is 19.0 Å². The van der Waals surface area contributed by atoms with Crippen LogP contribution in [0.5, 0.6) is 0 Å². The van der Waals surface area contributed by atoms with Crippen molar-refractivity contribution in [1.82, 2.24) is 0 Å². The molecule has 0 radical (unpaired) electrons. The van der Waals surface area contributed by atoms with Gasteiger partial charge in [-0.05, 0) is 36.7 Å². The second kappa shape index (κ2) is 11.5. The average molecular weight is 367 g/mol. The Morgan fingerprint density at radius 3 is 2.20 bits per heavy atom. The SMILES string of the molecule is CC[Si](CC)(CC)O[C@H](/C(=C\CO)OC)[C@H](C)OCc1ccccc1. The zero-order valence-corrected chi connectivity index (χ0v) is 17.3. The number of aliphatic hydroxyl groups is 1. The van der Waals surface area contributed by atoms with Gasteiger partial charge in [0, 0.05) is 0 Å². The fraction of sp³-hybridized carbons (Fsp3) is 0.600. The maximum Gasteiger partial charge on any atom is 0.193 e. The molecule has 0 fully saturated rings. The lowest BCUT2D eigenvalue weighted by Gasteiger charge is -2.36. The summed E-state index contributed by atoms with van der Waals surface area (Å²) in [4.78, 5) is 0. The number of ether oxygens (including phenoxy) is 2. The molecule has 0 heterocycles. The molecule has 0 aromatic heterocycles. The third kappa shape index (κ3) is 6.59. The number of benzene rings is 1. The van der Waals surface area contributed by atoms with Crippen molar-refractivity contribution in [2.24, 2.45) is 0 Å². The van der Waals surface area contributed by atoms with E-state index in [4.69, 9.17) is 13.9 Å². The zero-order chi connectivity index (χ0) is 18.7. The van der Waals surface area contributed by atoms with E-state index >= 15 is 0 Å². The van der Waals surface area contributed by atoms with E-state index in [0.29, 0.717) is 12.4 Å². The Morgan fingerprint density at radius 1 is 1.12 bits per heavy atom. The first-order valence-corrected chi connectivity index (χ1v) is 11.8. The lowest BCUT2D eigenvalue weighted by Crippen LogP contribution is -2.45. The van der Waals surface area contributed by atoms with Crippen molar-refractivity contribution in [3.63, 3.8) is 0 Å². The Bertz CT molecular complexity index is 491. The molecular weight excluding hydrogens is 332 g/mol. The Balaban J connectivity index is 2.94. The molecule has 5 heteroatoms. The largest absolute Gasteiger partial charge is 0.499 e. The van der Waals surface area contributed by atoms with Gasteiger partial charge in [-0.3, -0.25) is 0 Å². The van der Waals surface area contributed by atoms with E-state index in [2.05, 4.69) is 20.8 Å². The van der Waals surface area contributed by atoms with Crippen LogP contribution in [0.4, 0.5) is 0 Å². The molecule has 1 aromatic carbocycles. The van der Waals surface area contributed by atoms with E-state index in [1.165, 1.54) is 0 Å². The summed E-state index contributed by atoms with van der Waals surface area (Å²) >= 11 is 0. The van der Waals surface area contributed by atoms with Crippen LogP contribution in [0.1, 0.15) is 33.3 Å². The fourth-order valence-corrected chi connectivity index (χ4v) is 5.80. The number of rotatable bonds is 12. The lowest BCUT2D eigenvalue weighted by atomic mass is 10.1. The molecule has 1 aromatic rings. The molecule has 0 unspecified atom stereocenters. The van der Waals surface area contributed by atoms with Crippen molar-refractivity contribution < 1.29 is 19.0 Å². The standard InChI is InChI=1S/C20H34O4Si/c1-6-25(7-2,8-3)24-20(19(22-5)14-15-21)17(4)23-16-18-12-10-9-11-13-18/h9-14,17,20-21H,6-8,15-16H2,1-5H3/b19-14+/t17-,20-/m0/s1. The monoisotopic (exact) mass is 366 g/mol. The molecule has 0 aliphatic heterocycles. The van der Waals surface area contributed by atoms with Crippen LogP contribution >= 0.6 is 0 Å². The van der Waals surface area contributed by atoms with Crippen LogP contribution in [0, 0.1) is 0 Å². The number of hydrogen-bond acceptors (Lipinski definition) is 4. The van der Waals surface area contributed by atoms with Crippen LogP contribution in [0.25, 0.3) is 0 Å². The van der Waals surface area contributed by atoms with Crippen LogP contribution < -0.4 is 0 Å². The molecule has 0 spiro atoms. The third-order valence-electron chi connectivity index (χ3n) is 4.90. The summed E-state index contributed by atoms with van der Waals surface area (Å²) in [5.41, 5.74) is 1.13. The van der Waals surface area contributed by atoms with E-state index in [1.807, 2.05) is 37.3 Å². The first-order valence-electron chi connectivity index (χ1n) is 9.24. The van der Waals surface area contributed by atoms with Crippen molar-refractivity contribution in [3.8, 4) is 0 Å². The maximum atomic E-state index is 9.33. The molecule has 0 amide bonds. The molecule has 2 atom stereocenters. The molecule has 4 nitrogen and oxygen atoms in total. The van der Waals surface area contributed by atoms with Crippen LogP contribution in [-0.2, 0) is 20.5 Å². The van der Waals surface area contributed by atoms with Gasteiger partial charge in [-0.1, -0.05) is 51.1 Å². The molecule has 0 bridgehead atoms. The van der Waals surface area contributed by atoms with Gasteiger partial charge >= 0.3 is 0 Å². The maximum absolute atomic E-state index is 9.33. The molecule has 0 aliphatic rings. The number of aliphatic hydroxyl groups excluding tert-OH is 1. The van der Waals surface area contributed by atoms with Crippen molar-refractivity contribution in [2.75, 3.05) is 13.7 Å². The fourth-order valence-electron chi connectivity index (χ4n) is 2.95. The average Bonchev–Trinajstić information content (AvgIpc) is 2.67. The minimum atomic E-state index is -1.84. The van der Waals surface area contributed by atoms with Crippen molar-refractivity contribution in [3.05, 3.63) is 47.7 Å². The Hall–Kier alpha value is -1.14. The van der Waals surface area contributed by atoms with Gasteiger partial charge in [0.1, 0.15) is 11.9 Å². The lowest BCUT2D eigenvalue weighted by molar-refractivity contribution is -0.0318. The van der Waals surface area contributed by atoms with Crippen LogP contribution in [-0.4, -0.2) is 39.3 Å². The summed E-state index contributed by atoms with van der Waals surface area (Å²) in [7, 11) is -0.222. The van der Waals surface area contributed by atoms with Gasteiger partial charge in [0.2, 0.25) is 0 Å². The normalized spacial score (nSPS) is 15.0. The summed E-state index contributed by atoms with van der Waals surface area (Å²) in [5.74, 6) is 0.648. The van der Waals surface area contributed by atoms with Crippen LogP contribution in [0.3, 0.4) is 0 Å². The summed E-state index contributed by atoms with van der Waals surface area (Å²) < 4.78 is 18.3. The molecule has 0 aliphatic carbocycles. The van der Waals surface area contributed by atoms with Gasteiger partial charge in [0.05, 0.1) is 26.4 Å². The van der Waals surface area contributed by atoms with Crippen molar-refractivity contribution in [1.29, 1.82) is 0 Å². The molecule has 1 N–H and O–H groups in total. The van der Waals surface area contributed by atoms with Gasteiger partial charge in [-0.15, -0.1) is 0 Å². The first kappa shape index (κ1) is 21.9. The van der Waals surface area contributed by atoms with E-state index in [9.17, 15) is 5.11 Å². The van der Waals surface area contributed by atoms with Gasteiger partial charge in [-0.25, -0.2) is 0 Å². The summed E-state index contributed by atoms with van der Waals surface area (Å²) in [5, 5.41) is 9.33. The predicted octanol–water partition coefficient (Wildman–Crippen LogP) is 4.50. The topological polar surface area (TPSA) is 47.9 Å². The van der Waals surface area contributed by atoms with Gasteiger partial charge in [0.15, 0.2) is 8.32 Å². The number of methoxy groups -OCH3 is 1. The summed E-state index contributed by atoms with van der Waals surface area (Å²) in [6.07, 6.45) is 1.20. The predicted molar refractivity (Wildman–Crippen MR) is 105 cm³/mol. The van der Waals surface area contributed by atoms with E-state index in [1.54, 1.807) is 13.2 Å². The first-order chi connectivity index (χ1) is 12.1. The molecular formula is C20H34O4Si. The van der Waals surface area contributed by atoms with Crippen molar-refractivity contribution in [2.45, 2.75) is 64.6 Å². The summed E-state index contributed by atoms with van der Waals surface area (Å²) in [6, 6.07) is 13.3. The van der Waals surface area contributed by atoms with Crippen molar-refractivity contribution >= 4 is 8.32 Å². The minimum Gasteiger partial charge on any atom is -0.499 e. The van der Waals surface area contributed by atoms with Crippen LogP contribution in [0.15, 0.2) is 42.2 Å². The van der Waals surface area contributed by atoms with Gasteiger partial charge in [0.25, 0.3) is 0 Å². The molecule has 25 heavy (non-hydrogen) atoms. The van der Waals surface area contributed by atoms with E-state index < -0.39 is 8.32 Å². The third-order valence-corrected chi connectivity index (χ3v) is 9.52. The molecule has 0 saturated heterocycles. The highest BCUT2D eigenvalue weighted by Crippen LogP contribution is 2.28. The second-order valence-electron chi connectivity index (χ2n) is 6.28. The van der Waals surface area contributed by atoms with Gasteiger partial charge in [-0.2, -0.15) is 0 Å². The molecule has 142 valence electrons. The van der Waals surface area contributed by atoms with E-state index in [0.717, 1.165) is 23.7 Å². The highest BCUT2D eigenvalue weighted by molar-refractivity contribution is 6.73. The minimum absolute atomic E-state index is 0.0760. The second-order valence-corrected chi connectivity index (χ2v) is 11.0. The summed E-state index contributed by atoms with van der Waals surface area (Å²) in [6.45, 7) is 9.07. The number of hydrogen-bond donors (Lipinski definition) is 1. The Labute approximate surface area is 153 Å². The molecule has 1 rings (SSSR count). The zero-order valence-electron chi connectivity index (χ0n) is 16.3. The highest BCUT2D eigenvalue weighted by Gasteiger charge is 2.36. The Morgan fingerprint density at radius 2 is 1.72 bits per heavy atom. The smallest absolute Gasteiger partial charge is 0.193 e. The van der Waals surface area contributed by atoms with Crippen LogP contribution in [0.2, 0.25) is 18.1 Å². The highest BCUT2D eigenvalue weighted by atomic mass is 28.4. The van der Waals surface area contributed by atoms with E-state index in [-0.39, 0.29) is 18.8 Å².